The summed E-state index contributed by atoms with van der Waals surface area (Å²) in [4.78, 5) is 13.3. The van der Waals surface area contributed by atoms with Crippen LogP contribution in [0.3, 0.4) is 0 Å². The fourth-order valence-corrected chi connectivity index (χ4v) is 1.82. The first-order chi connectivity index (χ1) is 9.54. The van der Waals surface area contributed by atoms with Crippen molar-refractivity contribution < 1.29 is 31.1 Å². The maximum absolute atomic E-state index is 12.9. The smallest absolute Gasteiger partial charge is 0.431 e. The summed E-state index contributed by atoms with van der Waals surface area (Å²) >= 11 is 0. The van der Waals surface area contributed by atoms with Gasteiger partial charge in [-0.15, -0.1) is 0 Å². The van der Waals surface area contributed by atoms with Crippen molar-refractivity contribution in [1.29, 1.82) is 0 Å². The predicted octanol–water partition coefficient (Wildman–Crippen LogP) is 3.57. The molecule has 0 fully saturated rings. The molecule has 9 heteroatoms. The molecule has 0 amide bonds. The van der Waals surface area contributed by atoms with Crippen molar-refractivity contribution >= 4 is 10.9 Å². The highest BCUT2D eigenvalue weighted by Gasteiger charge is 2.37. The maximum atomic E-state index is 12.9. The van der Waals surface area contributed by atoms with E-state index in [1.54, 1.807) is 4.98 Å². The molecule has 0 atom stereocenters. The number of methoxy groups -OCH3 is 1. The largest absolute Gasteiger partial charge is 0.497 e. The van der Waals surface area contributed by atoms with Gasteiger partial charge in [0.1, 0.15) is 11.4 Å². The number of pyridine rings is 1. The summed E-state index contributed by atoms with van der Waals surface area (Å²) in [6.45, 7) is 0. The van der Waals surface area contributed by atoms with Gasteiger partial charge in [-0.3, -0.25) is 4.79 Å². The molecule has 114 valence electrons. The molecule has 1 heterocycles. The van der Waals surface area contributed by atoms with Gasteiger partial charge in [-0.1, -0.05) is 0 Å². The Morgan fingerprint density at radius 2 is 1.62 bits per heavy atom. The lowest BCUT2D eigenvalue weighted by atomic mass is 10.1. The number of aromatic amines is 1. The molecular formula is C12H7F6NO2. The number of halogens is 6. The minimum absolute atomic E-state index is 0.210. The van der Waals surface area contributed by atoms with Gasteiger partial charge in [0.05, 0.1) is 18.2 Å². The van der Waals surface area contributed by atoms with E-state index in [1.165, 1.54) is 0 Å². The Labute approximate surface area is 113 Å². The second kappa shape index (κ2) is 4.68. The quantitative estimate of drug-likeness (QED) is 0.818. The molecule has 21 heavy (non-hydrogen) atoms. The van der Waals surface area contributed by atoms with Crippen molar-refractivity contribution in [2.75, 3.05) is 7.11 Å². The molecule has 0 saturated carbocycles. The van der Waals surface area contributed by atoms with E-state index in [4.69, 9.17) is 0 Å². The van der Waals surface area contributed by atoms with Gasteiger partial charge in [0.25, 0.3) is 0 Å². The minimum Gasteiger partial charge on any atom is -0.497 e. The molecule has 0 aliphatic heterocycles. The minimum atomic E-state index is -4.96. The highest BCUT2D eigenvalue weighted by molar-refractivity contribution is 5.84. The number of nitrogens with one attached hydrogen (secondary N) is 1. The van der Waals surface area contributed by atoms with Gasteiger partial charge in [0, 0.05) is 11.5 Å². The standard InChI is InChI=1S/C12H7F6NO2/c1-21-5-2-6-8(20)4-9(12(16,17)18)19-10(6)7(3-5)11(13,14)15/h2-4H,1H3,(H,19,20). The number of hydrogen-bond donors (Lipinski definition) is 1. The van der Waals surface area contributed by atoms with Crippen LogP contribution < -0.4 is 10.2 Å². The third kappa shape index (κ3) is 2.81. The van der Waals surface area contributed by atoms with Crippen LogP contribution in [0.1, 0.15) is 11.3 Å². The van der Waals surface area contributed by atoms with Crippen molar-refractivity contribution in [3.63, 3.8) is 0 Å². The molecule has 2 aromatic rings. The average molecular weight is 311 g/mol. The number of hydrogen-bond acceptors (Lipinski definition) is 2. The van der Waals surface area contributed by atoms with Crippen LogP contribution in [0.2, 0.25) is 0 Å². The average Bonchev–Trinajstić information content (AvgIpc) is 2.35. The van der Waals surface area contributed by atoms with Crippen LogP contribution in [0, 0.1) is 0 Å². The Balaban J connectivity index is 2.93. The molecule has 0 bridgehead atoms. The highest BCUT2D eigenvalue weighted by atomic mass is 19.4. The van der Waals surface area contributed by atoms with E-state index in [2.05, 4.69) is 4.74 Å². The summed E-state index contributed by atoms with van der Waals surface area (Å²) in [6, 6.07) is 1.68. The van der Waals surface area contributed by atoms with E-state index in [0.717, 1.165) is 13.2 Å². The summed E-state index contributed by atoms with van der Waals surface area (Å²) in [6.07, 6.45) is -9.91. The first kappa shape index (κ1) is 15.2. The third-order valence-corrected chi connectivity index (χ3v) is 2.76. The van der Waals surface area contributed by atoms with Crippen molar-refractivity contribution in [3.8, 4) is 5.75 Å². The lowest BCUT2D eigenvalue weighted by Gasteiger charge is -2.14. The van der Waals surface area contributed by atoms with Crippen LogP contribution in [0.4, 0.5) is 26.3 Å². The molecule has 0 saturated heterocycles. The van der Waals surface area contributed by atoms with Gasteiger partial charge in [-0.05, 0) is 12.1 Å². The number of rotatable bonds is 1. The first-order valence-electron chi connectivity index (χ1n) is 5.43. The number of aromatic nitrogens is 1. The molecule has 0 aliphatic carbocycles. The molecule has 0 radical (unpaired) electrons. The van der Waals surface area contributed by atoms with E-state index < -0.39 is 39.9 Å². The Kier molecular flexibility index (Phi) is 3.38. The van der Waals surface area contributed by atoms with Crippen molar-refractivity contribution in [3.05, 3.63) is 39.7 Å². The fraction of sp³-hybridized carbons (Fsp3) is 0.250. The normalized spacial score (nSPS) is 12.7. The van der Waals surface area contributed by atoms with E-state index in [9.17, 15) is 31.1 Å². The Bertz CT molecular complexity index is 744. The van der Waals surface area contributed by atoms with Crippen LogP contribution in [0.15, 0.2) is 23.0 Å². The van der Waals surface area contributed by atoms with Gasteiger partial charge in [0.15, 0.2) is 5.43 Å². The molecule has 3 nitrogen and oxygen atoms in total. The summed E-state index contributed by atoms with van der Waals surface area (Å²) < 4.78 is 81.2. The van der Waals surface area contributed by atoms with Gasteiger partial charge in [-0.25, -0.2) is 0 Å². The number of alkyl halides is 6. The Morgan fingerprint density at radius 3 is 2.10 bits per heavy atom. The van der Waals surface area contributed by atoms with Crippen LogP contribution in [0.25, 0.3) is 10.9 Å². The van der Waals surface area contributed by atoms with Gasteiger partial charge >= 0.3 is 12.4 Å². The number of fused-ring (bicyclic) bond motifs is 1. The molecule has 2 rings (SSSR count). The van der Waals surface area contributed by atoms with Crippen molar-refractivity contribution in [2.24, 2.45) is 0 Å². The third-order valence-electron chi connectivity index (χ3n) is 2.76. The zero-order valence-electron chi connectivity index (χ0n) is 10.3. The van der Waals surface area contributed by atoms with E-state index in [0.29, 0.717) is 6.07 Å². The maximum Gasteiger partial charge on any atom is 0.431 e. The highest BCUT2D eigenvalue weighted by Crippen LogP contribution is 2.37. The van der Waals surface area contributed by atoms with Gasteiger partial charge in [-0.2, -0.15) is 26.3 Å². The Morgan fingerprint density at radius 1 is 1.00 bits per heavy atom. The summed E-state index contributed by atoms with van der Waals surface area (Å²) in [7, 11) is 1.08. The van der Waals surface area contributed by atoms with E-state index >= 15 is 0 Å². The molecule has 0 aliphatic rings. The number of benzene rings is 1. The predicted molar refractivity (Wildman–Crippen MR) is 61.1 cm³/mol. The lowest BCUT2D eigenvalue weighted by molar-refractivity contribution is -0.142. The molecule has 1 N–H and O–H groups in total. The topological polar surface area (TPSA) is 42.1 Å². The molecule has 1 aromatic heterocycles. The second-order valence-electron chi connectivity index (χ2n) is 4.14. The SMILES string of the molecule is COc1cc(C(F)(F)F)c2[nH]c(C(F)(F)F)cc(=O)c2c1. The van der Waals surface area contributed by atoms with Gasteiger partial charge < -0.3 is 9.72 Å². The molecule has 1 aromatic carbocycles. The summed E-state index contributed by atoms with van der Waals surface area (Å²) in [5.74, 6) is -0.278. The first-order valence-corrected chi connectivity index (χ1v) is 5.43. The van der Waals surface area contributed by atoms with Crippen LogP contribution in [-0.4, -0.2) is 12.1 Å². The van der Waals surface area contributed by atoms with Gasteiger partial charge in [0.2, 0.25) is 0 Å². The number of H-pyrrole nitrogens is 1. The monoisotopic (exact) mass is 311 g/mol. The summed E-state index contributed by atoms with van der Waals surface area (Å²) in [5, 5.41) is -0.533. The zero-order chi connectivity index (χ0) is 16.0. The molecule has 0 unspecified atom stereocenters. The van der Waals surface area contributed by atoms with E-state index in [1.807, 2.05) is 0 Å². The zero-order valence-corrected chi connectivity index (χ0v) is 10.3. The van der Waals surface area contributed by atoms with Crippen LogP contribution in [0.5, 0.6) is 5.75 Å². The molecule has 0 spiro atoms. The van der Waals surface area contributed by atoms with Crippen LogP contribution in [-0.2, 0) is 12.4 Å². The number of ether oxygens (including phenoxy) is 1. The fourth-order valence-electron chi connectivity index (χ4n) is 1.82. The second-order valence-corrected chi connectivity index (χ2v) is 4.14. The molecular weight excluding hydrogens is 304 g/mol. The Hall–Kier alpha value is -2.19. The van der Waals surface area contributed by atoms with Crippen molar-refractivity contribution in [1.82, 2.24) is 4.98 Å². The lowest BCUT2D eigenvalue weighted by Crippen LogP contribution is -2.17. The summed E-state index contributed by atoms with van der Waals surface area (Å²) in [5.41, 5.74) is -5.06. The van der Waals surface area contributed by atoms with E-state index in [-0.39, 0.29) is 11.8 Å². The van der Waals surface area contributed by atoms with Crippen molar-refractivity contribution in [2.45, 2.75) is 12.4 Å². The van der Waals surface area contributed by atoms with Crippen LogP contribution >= 0.6 is 0 Å².